The number of aryl methyl sites for hydroxylation is 3. The van der Waals surface area contributed by atoms with Gasteiger partial charge in [-0.25, -0.2) is 0 Å². The van der Waals surface area contributed by atoms with Crippen LogP contribution < -0.4 is 0 Å². The first-order valence-electron chi connectivity index (χ1n) is 24.6. The maximum atomic E-state index is 5.12. The molecule has 7 rings (SSSR count). The van der Waals surface area contributed by atoms with Gasteiger partial charge in [0.25, 0.3) is 0 Å². The fourth-order valence-corrected chi connectivity index (χ4v) is 6.73. The van der Waals surface area contributed by atoms with Crippen molar-refractivity contribution >= 4 is 0 Å². The van der Waals surface area contributed by atoms with E-state index < -0.39 is 0 Å². The Hall–Kier alpha value is -3.87. The third kappa shape index (κ3) is 25.6. The lowest BCUT2D eigenvalue weighted by Gasteiger charge is -2.36. The second-order valence-electron chi connectivity index (χ2n) is 19.2. The molecule has 0 atom stereocenters. The summed E-state index contributed by atoms with van der Waals surface area (Å²) in [5, 5.41) is 19.9. The predicted octanol–water partition coefficient (Wildman–Crippen LogP) is 12.3. The van der Waals surface area contributed by atoms with Gasteiger partial charge >= 0.3 is 0 Å². The SMILES string of the molecule is CC(C)C1=CCC=C1.CC(C)N1CCCCC1.CC(C)n1cccn1.CCCN1CCN(C(C)C)CC1.Cc1ccn(C(C)C)n1.Cc1cnn(C(C)C)c1.Cc1nnc(C(C)C)o1. The van der Waals surface area contributed by atoms with Crippen LogP contribution in [0.3, 0.4) is 0 Å². The average Bonchev–Trinajstić information content (AvgIpc) is 4.12. The second kappa shape index (κ2) is 32.7. The molecule has 0 amide bonds. The zero-order chi connectivity index (χ0) is 48.2. The summed E-state index contributed by atoms with van der Waals surface area (Å²) in [6, 6.07) is 6.90. The Bertz CT molecular complexity index is 1640. The molecular formula is C52H95N11O. The molecule has 0 bridgehead atoms. The van der Waals surface area contributed by atoms with Gasteiger partial charge in [-0.2, -0.15) is 15.3 Å². The van der Waals surface area contributed by atoms with Crippen molar-refractivity contribution < 1.29 is 4.42 Å². The van der Waals surface area contributed by atoms with Crippen LogP contribution in [0.4, 0.5) is 0 Å². The van der Waals surface area contributed by atoms with Crippen LogP contribution >= 0.6 is 0 Å². The monoisotopic (exact) mass is 890 g/mol. The highest BCUT2D eigenvalue weighted by Crippen LogP contribution is 2.17. The Morgan fingerprint density at radius 2 is 1.22 bits per heavy atom. The fraction of sp³-hybridized carbons (Fsp3) is 0.712. The highest BCUT2D eigenvalue weighted by molar-refractivity contribution is 5.27. The number of piperazine rings is 1. The van der Waals surface area contributed by atoms with Crippen molar-refractivity contribution in [2.45, 2.75) is 193 Å². The lowest BCUT2D eigenvalue weighted by molar-refractivity contribution is 0.109. The van der Waals surface area contributed by atoms with Gasteiger partial charge in [-0.05, 0) is 158 Å². The zero-order valence-electron chi connectivity index (χ0n) is 44.1. The van der Waals surface area contributed by atoms with E-state index in [-0.39, 0.29) is 0 Å². The summed E-state index contributed by atoms with van der Waals surface area (Å²) < 4.78 is 10.9. The first kappa shape index (κ1) is 58.1. The van der Waals surface area contributed by atoms with Crippen molar-refractivity contribution in [1.29, 1.82) is 0 Å². The summed E-state index contributed by atoms with van der Waals surface area (Å²) in [6.45, 7) is 47.4. The van der Waals surface area contributed by atoms with Gasteiger partial charge in [0.05, 0.1) is 11.9 Å². The number of piperidine rings is 1. The largest absolute Gasteiger partial charge is 0.425 e. The topological polar surface area (TPSA) is 102 Å². The Kier molecular flexibility index (Phi) is 29.7. The Morgan fingerprint density at radius 1 is 0.625 bits per heavy atom. The van der Waals surface area contributed by atoms with Gasteiger partial charge < -0.3 is 14.2 Å². The van der Waals surface area contributed by atoms with Gasteiger partial charge in [-0.3, -0.25) is 18.9 Å². The molecule has 0 N–H and O–H groups in total. The van der Waals surface area contributed by atoms with Crippen molar-refractivity contribution in [1.82, 2.24) is 54.2 Å². The Balaban J connectivity index is 0.000000375. The summed E-state index contributed by atoms with van der Waals surface area (Å²) in [4.78, 5) is 7.69. The van der Waals surface area contributed by atoms with E-state index in [9.17, 15) is 0 Å². The molecule has 4 aromatic rings. The maximum absolute atomic E-state index is 5.12. The summed E-state index contributed by atoms with van der Waals surface area (Å²) in [5.74, 6) is 2.41. The standard InChI is InChI=1S/C10H22N2.C8H17N.C8H12.2C7H12N2.C6H10N2O.C6H10N2/c1-4-5-11-6-8-12(9-7-11)10(2)3;1-8(2)9-6-4-3-5-7-9;1-7(2)8-5-3-4-6-8;1-6(2)9-5-7(3)4-8-9;1-6(2)9-5-4-7(3)8-9;1-4(2)6-8-7-5(3)9-6;1-6(2)8-5-3-4-7-8/h10H,4-9H2,1-3H3;8H,3-7H2,1-2H3;3,5-7H,4H2,1-2H3;2*4-6H,1-3H3;4H,1-3H3;3-6H,1-2H3. The number of likely N-dealkylation sites (tertiary alicyclic amines) is 1. The van der Waals surface area contributed by atoms with Crippen LogP contribution in [-0.4, -0.2) is 112 Å². The summed E-state index contributed by atoms with van der Waals surface area (Å²) in [6.07, 6.45) is 23.1. The van der Waals surface area contributed by atoms with Crippen LogP contribution in [0.5, 0.6) is 0 Å². The maximum Gasteiger partial charge on any atom is 0.219 e. The minimum Gasteiger partial charge on any atom is -0.425 e. The van der Waals surface area contributed by atoms with E-state index in [1.54, 1.807) is 13.1 Å². The van der Waals surface area contributed by atoms with Crippen molar-refractivity contribution in [3.8, 4) is 0 Å². The first-order chi connectivity index (χ1) is 30.2. The second-order valence-corrected chi connectivity index (χ2v) is 19.2. The average molecular weight is 890 g/mol. The molecular weight excluding hydrogens is 795 g/mol. The fourth-order valence-electron chi connectivity index (χ4n) is 6.73. The minimum absolute atomic E-state index is 0.339. The van der Waals surface area contributed by atoms with E-state index in [1.165, 1.54) is 82.6 Å². The summed E-state index contributed by atoms with van der Waals surface area (Å²) in [5.41, 5.74) is 3.80. The Morgan fingerprint density at radius 3 is 1.50 bits per heavy atom. The number of rotatable bonds is 9. The molecule has 1 aliphatic carbocycles. The van der Waals surface area contributed by atoms with Crippen molar-refractivity contribution in [2.75, 3.05) is 45.8 Å². The van der Waals surface area contributed by atoms with Crippen LogP contribution in [0.25, 0.3) is 0 Å². The van der Waals surface area contributed by atoms with Crippen LogP contribution in [0.15, 0.2) is 71.3 Å². The van der Waals surface area contributed by atoms with Crippen molar-refractivity contribution in [3.05, 3.63) is 90.0 Å². The molecule has 0 spiro atoms. The smallest absolute Gasteiger partial charge is 0.219 e. The van der Waals surface area contributed by atoms with Gasteiger partial charge in [-0.15, -0.1) is 10.2 Å². The quantitative estimate of drug-likeness (QED) is 0.163. The molecule has 0 aromatic carbocycles. The molecule has 364 valence electrons. The van der Waals surface area contributed by atoms with Gasteiger partial charge in [-0.1, -0.05) is 59.3 Å². The van der Waals surface area contributed by atoms with E-state index >= 15 is 0 Å². The number of nitrogens with zero attached hydrogens (tertiary/aromatic N) is 11. The number of hydrogen-bond donors (Lipinski definition) is 0. The van der Waals surface area contributed by atoms with Crippen LogP contribution in [0.1, 0.15) is 183 Å². The number of hydrogen-bond acceptors (Lipinski definition) is 9. The number of allylic oxidation sites excluding steroid dienone is 4. The van der Waals surface area contributed by atoms with Crippen LogP contribution in [-0.2, 0) is 0 Å². The normalized spacial score (nSPS) is 15.4. The van der Waals surface area contributed by atoms with E-state index in [0.29, 0.717) is 41.7 Å². The highest BCUT2D eigenvalue weighted by Gasteiger charge is 2.17. The minimum atomic E-state index is 0.339. The molecule has 0 unspecified atom stereocenters. The molecule has 12 nitrogen and oxygen atoms in total. The lowest BCUT2D eigenvalue weighted by Crippen LogP contribution is -2.48. The van der Waals surface area contributed by atoms with E-state index in [1.807, 2.05) is 78.7 Å². The summed E-state index contributed by atoms with van der Waals surface area (Å²) >= 11 is 0. The van der Waals surface area contributed by atoms with Crippen molar-refractivity contribution in [2.24, 2.45) is 5.92 Å². The van der Waals surface area contributed by atoms with E-state index in [0.717, 1.165) is 24.2 Å². The van der Waals surface area contributed by atoms with Gasteiger partial charge in [0.1, 0.15) is 0 Å². The molecule has 0 radical (unpaired) electrons. The lowest BCUT2D eigenvalue weighted by atomic mass is 10.1. The van der Waals surface area contributed by atoms with Crippen molar-refractivity contribution in [3.63, 3.8) is 0 Å². The summed E-state index contributed by atoms with van der Waals surface area (Å²) in [7, 11) is 0. The predicted molar refractivity (Wildman–Crippen MR) is 271 cm³/mol. The molecule has 2 fully saturated rings. The van der Waals surface area contributed by atoms with Gasteiger partial charge in [0.2, 0.25) is 11.8 Å². The van der Waals surface area contributed by atoms with Gasteiger partial charge in [0, 0.05) is 94.0 Å². The first-order valence-corrected chi connectivity index (χ1v) is 24.6. The van der Waals surface area contributed by atoms with Crippen LogP contribution in [0, 0.1) is 26.7 Å². The Labute approximate surface area is 392 Å². The van der Waals surface area contributed by atoms with Crippen LogP contribution in [0.2, 0.25) is 0 Å². The van der Waals surface area contributed by atoms with E-state index in [4.69, 9.17) is 4.42 Å². The molecule has 3 aliphatic rings. The molecule has 6 heterocycles. The molecule has 2 aliphatic heterocycles. The number of aromatic nitrogens is 8. The molecule has 4 aromatic heterocycles. The molecule has 2 saturated heterocycles. The third-order valence-corrected chi connectivity index (χ3v) is 10.9. The zero-order valence-corrected chi connectivity index (χ0v) is 44.1. The van der Waals surface area contributed by atoms with E-state index in [2.05, 4.69) is 148 Å². The molecule has 0 saturated carbocycles. The highest BCUT2D eigenvalue weighted by atomic mass is 16.4. The molecule has 64 heavy (non-hydrogen) atoms. The third-order valence-electron chi connectivity index (χ3n) is 10.9. The molecule has 12 heteroatoms. The van der Waals surface area contributed by atoms with Gasteiger partial charge in [0.15, 0.2) is 0 Å².